The highest BCUT2D eigenvalue weighted by Gasteiger charge is 2.21. The number of rotatable bonds is 5. The van der Waals surface area contributed by atoms with Crippen molar-refractivity contribution in [1.82, 2.24) is 4.98 Å². The Morgan fingerprint density at radius 2 is 1.75 bits per heavy atom. The Labute approximate surface area is 139 Å². The van der Waals surface area contributed by atoms with Crippen LogP contribution in [-0.2, 0) is 4.74 Å². The number of Topliss-reactive ketones (excluding diaryl/α,β-unsaturated/α-hetero) is 1. The Bertz CT molecular complexity index is 847. The largest absolute Gasteiger partial charge is 0.497 e. The van der Waals surface area contributed by atoms with Gasteiger partial charge in [0, 0.05) is 16.5 Å². The fraction of sp³-hybridized carbons (Fsp3) is 0.158. The van der Waals surface area contributed by atoms with E-state index < -0.39 is 12.1 Å². The first-order chi connectivity index (χ1) is 11.6. The lowest BCUT2D eigenvalue weighted by Gasteiger charge is -2.12. The standard InChI is InChI=1S/C19H17NO4/c1-12(18(21)13-7-9-15(23-2)10-8-13)24-19(22)17-11-14-5-3-4-6-16(14)20-17/h3-12,20H,1-2H3. The van der Waals surface area contributed by atoms with E-state index in [0.29, 0.717) is 17.0 Å². The maximum Gasteiger partial charge on any atom is 0.355 e. The fourth-order valence-electron chi connectivity index (χ4n) is 2.45. The van der Waals surface area contributed by atoms with E-state index in [-0.39, 0.29) is 5.78 Å². The van der Waals surface area contributed by atoms with Crippen LogP contribution < -0.4 is 4.74 Å². The first-order valence-electron chi connectivity index (χ1n) is 7.55. The van der Waals surface area contributed by atoms with E-state index in [4.69, 9.17) is 9.47 Å². The highest BCUT2D eigenvalue weighted by atomic mass is 16.5. The molecule has 2 aromatic carbocycles. The summed E-state index contributed by atoms with van der Waals surface area (Å²) in [6.07, 6.45) is -0.877. The van der Waals surface area contributed by atoms with Gasteiger partial charge in [0.1, 0.15) is 11.4 Å². The molecule has 0 radical (unpaired) electrons. The number of hydrogen-bond acceptors (Lipinski definition) is 4. The average Bonchev–Trinajstić information content (AvgIpc) is 3.05. The minimum absolute atomic E-state index is 0.262. The number of carbonyl (C=O) groups is 2. The van der Waals surface area contributed by atoms with Gasteiger partial charge in [-0.3, -0.25) is 4.79 Å². The van der Waals surface area contributed by atoms with Crippen molar-refractivity contribution in [2.75, 3.05) is 7.11 Å². The van der Waals surface area contributed by atoms with Crippen molar-refractivity contribution < 1.29 is 19.1 Å². The molecule has 0 aliphatic rings. The quantitative estimate of drug-likeness (QED) is 0.575. The minimum atomic E-state index is -0.877. The summed E-state index contributed by atoms with van der Waals surface area (Å²) in [5.41, 5.74) is 1.64. The molecule has 0 amide bonds. The van der Waals surface area contributed by atoms with Crippen LogP contribution in [0, 0.1) is 0 Å². The smallest absolute Gasteiger partial charge is 0.355 e. The van der Waals surface area contributed by atoms with Gasteiger partial charge in [-0.1, -0.05) is 18.2 Å². The number of nitrogens with one attached hydrogen (secondary N) is 1. The van der Waals surface area contributed by atoms with E-state index in [0.717, 1.165) is 10.9 Å². The second-order valence-electron chi connectivity index (χ2n) is 5.41. The SMILES string of the molecule is COc1ccc(C(=O)C(C)OC(=O)c2cc3ccccc3[nH]2)cc1. The van der Waals surface area contributed by atoms with Crippen LogP contribution in [0.5, 0.6) is 5.75 Å². The van der Waals surface area contributed by atoms with Crippen molar-refractivity contribution in [3.8, 4) is 5.75 Å². The molecule has 1 heterocycles. The molecule has 0 spiro atoms. The number of ketones is 1. The summed E-state index contributed by atoms with van der Waals surface area (Å²) in [5.74, 6) is -0.156. The molecule has 0 fully saturated rings. The van der Waals surface area contributed by atoms with Crippen LogP contribution in [-0.4, -0.2) is 30.0 Å². The average molecular weight is 323 g/mol. The van der Waals surface area contributed by atoms with Crippen molar-refractivity contribution in [1.29, 1.82) is 0 Å². The Kier molecular flexibility index (Phi) is 4.33. The molecule has 0 saturated carbocycles. The summed E-state index contributed by atoms with van der Waals surface area (Å²) >= 11 is 0. The van der Waals surface area contributed by atoms with Gasteiger partial charge in [-0.15, -0.1) is 0 Å². The Hall–Kier alpha value is -3.08. The summed E-state index contributed by atoms with van der Waals surface area (Å²) in [6.45, 7) is 1.56. The number of hydrogen-bond donors (Lipinski definition) is 1. The number of benzene rings is 2. The van der Waals surface area contributed by atoms with Gasteiger partial charge in [0.2, 0.25) is 5.78 Å². The van der Waals surface area contributed by atoms with E-state index in [9.17, 15) is 9.59 Å². The number of H-pyrrole nitrogens is 1. The number of para-hydroxylation sites is 1. The van der Waals surface area contributed by atoms with E-state index in [1.54, 1.807) is 44.4 Å². The molecule has 0 aliphatic carbocycles. The van der Waals surface area contributed by atoms with Gasteiger partial charge >= 0.3 is 5.97 Å². The third-order valence-corrected chi connectivity index (χ3v) is 3.78. The third-order valence-electron chi connectivity index (χ3n) is 3.78. The molecule has 0 bridgehead atoms. The van der Waals surface area contributed by atoms with Crippen LogP contribution in [0.4, 0.5) is 0 Å². The van der Waals surface area contributed by atoms with Gasteiger partial charge < -0.3 is 14.5 Å². The Balaban J connectivity index is 1.71. The molecular formula is C19H17NO4. The maximum atomic E-state index is 12.4. The van der Waals surface area contributed by atoms with Gasteiger partial charge in [-0.2, -0.15) is 0 Å². The van der Waals surface area contributed by atoms with Crippen LogP contribution in [0.1, 0.15) is 27.8 Å². The first-order valence-corrected chi connectivity index (χ1v) is 7.55. The van der Waals surface area contributed by atoms with E-state index in [1.807, 2.05) is 24.3 Å². The number of aromatic amines is 1. The fourth-order valence-corrected chi connectivity index (χ4v) is 2.45. The molecule has 0 aliphatic heterocycles. The molecule has 5 heteroatoms. The third kappa shape index (κ3) is 3.15. The van der Waals surface area contributed by atoms with Crippen molar-refractivity contribution >= 4 is 22.7 Å². The second kappa shape index (κ2) is 6.58. The van der Waals surface area contributed by atoms with E-state index in [1.165, 1.54) is 0 Å². The minimum Gasteiger partial charge on any atom is -0.497 e. The number of ether oxygens (including phenoxy) is 2. The molecule has 1 atom stereocenters. The summed E-state index contributed by atoms with van der Waals surface area (Å²) in [7, 11) is 1.56. The van der Waals surface area contributed by atoms with Crippen LogP contribution in [0.25, 0.3) is 10.9 Å². The van der Waals surface area contributed by atoms with Crippen LogP contribution in [0.3, 0.4) is 0 Å². The molecule has 0 saturated heterocycles. The molecule has 5 nitrogen and oxygen atoms in total. The summed E-state index contributed by atoms with van der Waals surface area (Å²) < 4.78 is 10.3. The molecule has 1 N–H and O–H groups in total. The number of carbonyl (C=O) groups excluding carboxylic acids is 2. The van der Waals surface area contributed by atoms with Crippen molar-refractivity contribution in [3.05, 3.63) is 65.9 Å². The number of esters is 1. The van der Waals surface area contributed by atoms with Gasteiger partial charge in [-0.05, 0) is 43.3 Å². The predicted octanol–water partition coefficient (Wildman–Crippen LogP) is 3.60. The van der Waals surface area contributed by atoms with Gasteiger partial charge in [0.25, 0.3) is 0 Å². The summed E-state index contributed by atoms with van der Waals surface area (Å²) in [4.78, 5) is 27.6. The highest BCUT2D eigenvalue weighted by Crippen LogP contribution is 2.17. The molecular weight excluding hydrogens is 306 g/mol. The van der Waals surface area contributed by atoms with E-state index >= 15 is 0 Å². The molecule has 3 aromatic rings. The number of methoxy groups -OCH3 is 1. The molecule has 24 heavy (non-hydrogen) atoms. The maximum absolute atomic E-state index is 12.4. The first kappa shape index (κ1) is 15.8. The summed E-state index contributed by atoms with van der Waals surface area (Å²) in [5, 5.41) is 0.915. The van der Waals surface area contributed by atoms with Gasteiger partial charge in [0.05, 0.1) is 7.11 Å². The topological polar surface area (TPSA) is 68.4 Å². The summed E-state index contributed by atoms with van der Waals surface area (Å²) in [6, 6.07) is 15.9. The number of fused-ring (bicyclic) bond motifs is 1. The van der Waals surface area contributed by atoms with Crippen LogP contribution in [0.15, 0.2) is 54.6 Å². The molecule has 122 valence electrons. The molecule has 3 rings (SSSR count). The lowest BCUT2D eigenvalue weighted by molar-refractivity contribution is 0.0314. The van der Waals surface area contributed by atoms with E-state index in [2.05, 4.69) is 4.98 Å². The second-order valence-corrected chi connectivity index (χ2v) is 5.41. The van der Waals surface area contributed by atoms with Crippen molar-refractivity contribution in [2.24, 2.45) is 0 Å². The van der Waals surface area contributed by atoms with Crippen LogP contribution in [0.2, 0.25) is 0 Å². The van der Waals surface area contributed by atoms with Gasteiger partial charge in [0.15, 0.2) is 6.10 Å². The van der Waals surface area contributed by atoms with Crippen molar-refractivity contribution in [3.63, 3.8) is 0 Å². The normalized spacial score (nSPS) is 11.9. The zero-order valence-corrected chi connectivity index (χ0v) is 13.4. The zero-order valence-electron chi connectivity index (χ0n) is 13.4. The zero-order chi connectivity index (χ0) is 17.1. The predicted molar refractivity (Wildman–Crippen MR) is 90.5 cm³/mol. The lowest BCUT2D eigenvalue weighted by atomic mass is 10.1. The Morgan fingerprint density at radius 1 is 1.04 bits per heavy atom. The number of aromatic nitrogens is 1. The van der Waals surface area contributed by atoms with Crippen LogP contribution >= 0.6 is 0 Å². The highest BCUT2D eigenvalue weighted by molar-refractivity contribution is 6.02. The van der Waals surface area contributed by atoms with Gasteiger partial charge in [-0.25, -0.2) is 4.79 Å². The monoisotopic (exact) mass is 323 g/mol. The molecule has 1 unspecified atom stereocenters. The lowest BCUT2D eigenvalue weighted by Crippen LogP contribution is -2.24. The van der Waals surface area contributed by atoms with Crippen molar-refractivity contribution in [2.45, 2.75) is 13.0 Å². The Morgan fingerprint density at radius 3 is 2.42 bits per heavy atom. The molecule has 1 aromatic heterocycles.